The highest BCUT2D eigenvalue weighted by Gasteiger charge is 2.07. The number of ether oxygens (including phenoxy) is 1. The average molecular weight is 348 g/mol. The zero-order valence-electron chi connectivity index (χ0n) is 12.4. The first-order valence-electron chi connectivity index (χ1n) is 7.34. The lowest BCUT2D eigenvalue weighted by molar-refractivity contribution is 0.304. The lowest BCUT2D eigenvalue weighted by Crippen LogP contribution is -2.08. The molecule has 2 rings (SSSR count). The van der Waals surface area contributed by atoms with Gasteiger partial charge in [-0.2, -0.15) is 0 Å². The van der Waals surface area contributed by atoms with Crippen LogP contribution in [0.15, 0.2) is 53.0 Å². The molecule has 3 heteroatoms. The van der Waals surface area contributed by atoms with E-state index in [0.717, 1.165) is 29.6 Å². The molecular formula is C18H22BrNO. The van der Waals surface area contributed by atoms with Gasteiger partial charge in [-0.25, -0.2) is 0 Å². The monoisotopic (exact) mass is 347 g/mol. The maximum Gasteiger partial charge on any atom is 0.134 e. The van der Waals surface area contributed by atoms with Gasteiger partial charge in [0, 0.05) is 0 Å². The maximum absolute atomic E-state index is 5.93. The van der Waals surface area contributed by atoms with E-state index in [0.29, 0.717) is 12.5 Å². The number of hydrogen-bond donors (Lipinski definition) is 1. The van der Waals surface area contributed by atoms with Crippen LogP contribution in [-0.4, -0.2) is 6.54 Å². The van der Waals surface area contributed by atoms with Crippen LogP contribution in [0.3, 0.4) is 0 Å². The molecule has 2 aromatic carbocycles. The minimum atomic E-state index is 0.585. The van der Waals surface area contributed by atoms with Gasteiger partial charge in [0.1, 0.15) is 12.4 Å². The van der Waals surface area contributed by atoms with E-state index in [1.807, 2.05) is 18.2 Å². The Morgan fingerprint density at radius 1 is 1.10 bits per heavy atom. The second kappa shape index (κ2) is 8.20. The van der Waals surface area contributed by atoms with E-state index in [9.17, 15) is 0 Å². The number of rotatable bonds is 7. The third-order valence-electron chi connectivity index (χ3n) is 3.48. The minimum absolute atomic E-state index is 0.585. The minimum Gasteiger partial charge on any atom is -0.488 e. The van der Waals surface area contributed by atoms with Gasteiger partial charge in [0.05, 0.1) is 4.47 Å². The Kier molecular flexibility index (Phi) is 6.27. The zero-order chi connectivity index (χ0) is 15.1. The van der Waals surface area contributed by atoms with Gasteiger partial charge >= 0.3 is 0 Å². The van der Waals surface area contributed by atoms with Crippen molar-refractivity contribution < 1.29 is 4.74 Å². The van der Waals surface area contributed by atoms with Crippen LogP contribution >= 0.6 is 15.9 Å². The summed E-state index contributed by atoms with van der Waals surface area (Å²) in [6.45, 7) is 3.57. The molecule has 0 spiro atoms. The Morgan fingerprint density at radius 3 is 2.57 bits per heavy atom. The van der Waals surface area contributed by atoms with Crippen molar-refractivity contribution in [3.05, 3.63) is 64.1 Å². The van der Waals surface area contributed by atoms with Crippen LogP contribution in [0.2, 0.25) is 0 Å². The van der Waals surface area contributed by atoms with Crippen molar-refractivity contribution in [3.63, 3.8) is 0 Å². The zero-order valence-corrected chi connectivity index (χ0v) is 14.0. The topological polar surface area (TPSA) is 35.2 Å². The fourth-order valence-electron chi connectivity index (χ4n) is 2.31. The third-order valence-corrected chi connectivity index (χ3v) is 4.13. The SMILES string of the molecule is CC(CCN)Cc1ccc(Br)c(OCc2ccccc2)c1. The Labute approximate surface area is 135 Å². The summed E-state index contributed by atoms with van der Waals surface area (Å²) in [6.07, 6.45) is 2.09. The number of benzene rings is 2. The van der Waals surface area contributed by atoms with Gasteiger partial charge < -0.3 is 10.5 Å². The van der Waals surface area contributed by atoms with Crippen molar-refractivity contribution in [2.75, 3.05) is 6.54 Å². The van der Waals surface area contributed by atoms with Gasteiger partial charge in [-0.15, -0.1) is 0 Å². The van der Waals surface area contributed by atoms with Crippen LogP contribution in [0, 0.1) is 5.92 Å². The second-order valence-electron chi connectivity index (χ2n) is 5.43. The summed E-state index contributed by atoms with van der Waals surface area (Å²) in [5.41, 5.74) is 8.08. The molecule has 2 nitrogen and oxygen atoms in total. The van der Waals surface area contributed by atoms with Crippen molar-refractivity contribution in [2.45, 2.75) is 26.4 Å². The van der Waals surface area contributed by atoms with Gasteiger partial charge in [0.15, 0.2) is 0 Å². The van der Waals surface area contributed by atoms with Crippen LogP contribution < -0.4 is 10.5 Å². The van der Waals surface area contributed by atoms with E-state index in [2.05, 4.69) is 53.2 Å². The van der Waals surface area contributed by atoms with Crippen LogP contribution in [0.25, 0.3) is 0 Å². The molecule has 0 aliphatic rings. The highest BCUT2D eigenvalue weighted by Crippen LogP contribution is 2.28. The van der Waals surface area contributed by atoms with E-state index in [1.165, 1.54) is 11.1 Å². The van der Waals surface area contributed by atoms with Gasteiger partial charge in [-0.05, 0) is 64.5 Å². The molecule has 1 atom stereocenters. The van der Waals surface area contributed by atoms with Crippen molar-refractivity contribution in [3.8, 4) is 5.75 Å². The lowest BCUT2D eigenvalue weighted by Gasteiger charge is -2.13. The van der Waals surface area contributed by atoms with E-state index >= 15 is 0 Å². The summed E-state index contributed by atoms with van der Waals surface area (Å²) in [4.78, 5) is 0. The van der Waals surface area contributed by atoms with Crippen LogP contribution in [0.4, 0.5) is 0 Å². The summed E-state index contributed by atoms with van der Waals surface area (Å²) in [6, 6.07) is 16.5. The Hall–Kier alpha value is -1.32. The Balaban J connectivity index is 2.01. The summed E-state index contributed by atoms with van der Waals surface area (Å²) < 4.78 is 6.93. The first kappa shape index (κ1) is 16.1. The van der Waals surface area contributed by atoms with Crippen molar-refractivity contribution in [1.29, 1.82) is 0 Å². The molecule has 2 aromatic rings. The van der Waals surface area contributed by atoms with E-state index in [1.54, 1.807) is 0 Å². The third kappa shape index (κ3) is 5.18. The predicted octanol–water partition coefficient (Wildman–Crippen LogP) is 4.56. The molecule has 0 aliphatic carbocycles. The largest absolute Gasteiger partial charge is 0.488 e. The first-order chi connectivity index (χ1) is 10.2. The highest BCUT2D eigenvalue weighted by molar-refractivity contribution is 9.10. The molecule has 21 heavy (non-hydrogen) atoms. The molecule has 0 saturated heterocycles. The standard InChI is InChI=1S/C18H22BrNO/c1-14(9-10-20)11-16-7-8-17(19)18(12-16)21-13-15-5-3-2-4-6-15/h2-8,12,14H,9-11,13,20H2,1H3. The van der Waals surface area contributed by atoms with E-state index in [4.69, 9.17) is 10.5 Å². The van der Waals surface area contributed by atoms with Crippen molar-refractivity contribution in [2.24, 2.45) is 11.7 Å². The van der Waals surface area contributed by atoms with Gasteiger partial charge in [-0.1, -0.05) is 43.3 Å². The molecule has 0 bridgehead atoms. The molecule has 1 unspecified atom stereocenters. The average Bonchev–Trinajstić information content (AvgIpc) is 2.49. The van der Waals surface area contributed by atoms with Crippen molar-refractivity contribution >= 4 is 15.9 Å². The van der Waals surface area contributed by atoms with Crippen molar-refractivity contribution in [1.82, 2.24) is 0 Å². The maximum atomic E-state index is 5.93. The van der Waals surface area contributed by atoms with E-state index < -0.39 is 0 Å². The Morgan fingerprint density at radius 2 is 1.86 bits per heavy atom. The normalized spacial score (nSPS) is 12.1. The summed E-state index contributed by atoms with van der Waals surface area (Å²) >= 11 is 3.56. The molecule has 0 fully saturated rings. The van der Waals surface area contributed by atoms with Crippen LogP contribution in [0.1, 0.15) is 24.5 Å². The summed E-state index contributed by atoms with van der Waals surface area (Å²) in [5, 5.41) is 0. The van der Waals surface area contributed by atoms with Crippen LogP contribution in [0.5, 0.6) is 5.75 Å². The van der Waals surface area contributed by atoms with Gasteiger partial charge in [0.25, 0.3) is 0 Å². The molecule has 112 valence electrons. The predicted molar refractivity (Wildman–Crippen MR) is 91.5 cm³/mol. The van der Waals surface area contributed by atoms with Crippen LogP contribution in [-0.2, 0) is 13.0 Å². The number of nitrogens with two attached hydrogens (primary N) is 1. The molecule has 0 heterocycles. The molecule has 0 aliphatic heterocycles. The fraction of sp³-hybridized carbons (Fsp3) is 0.333. The van der Waals surface area contributed by atoms with Gasteiger partial charge in [0.2, 0.25) is 0 Å². The molecule has 0 saturated carbocycles. The highest BCUT2D eigenvalue weighted by atomic mass is 79.9. The number of hydrogen-bond acceptors (Lipinski definition) is 2. The molecule has 2 N–H and O–H groups in total. The summed E-state index contributed by atoms with van der Waals surface area (Å²) in [7, 11) is 0. The molecule has 0 radical (unpaired) electrons. The fourth-order valence-corrected chi connectivity index (χ4v) is 2.67. The molecule has 0 amide bonds. The molecule has 0 aromatic heterocycles. The van der Waals surface area contributed by atoms with Gasteiger partial charge in [-0.3, -0.25) is 0 Å². The smallest absolute Gasteiger partial charge is 0.134 e. The first-order valence-corrected chi connectivity index (χ1v) is 8.13. The quantitative estimate of drug-likeness (QED) is 0.796. The summed E-state index contributed by atoms with van der Waals surface area (Å²) in [5.74, 6) is 1.49. The number of halogens is 1. The Bertz CT molecular complexity index is 556. The second-order valence-corrected chi connectivity index (χ2v) is 6.28. The van der Waals surface area contributed by atoms with E-state index in [-0.39, 0.29) is 0 Å². The lowest BCUT2D eigenvalue weighted by atomic mass is 9.98. The molecular weight excluding hydrogens is 326 g/mol.